The number of ether oxygens (including phenoxy) is 1. The highest BCUT2D eigenvalue weighted by Crippen LogP contribution is 2.19. The van der Waals surface area contributed by atoms with Crippen molar-refractivity contribution in [3.05, 3.63) is 28.0 Å². The van der Waals surface area contributed by atoms with Gasteiger partial charge in [0, 0.05) is 10.9 Å². The molecule has 90 valence electrons. The molecule has 0 fully saturated rings. The lowest BCUT2D eigenvalue weighted by Gasteiger charge is -2.07. The third-order valence-electron chi connectivity index (χ3n) is 2.33. The van der Waals surface area contributed by atoms with Crippen molar-refractivity contribution < 1.29 is 4.74 Å². The number of aryl methyl sites for hydroxylation is 1. The topological polar surface area (TPSA) is 73.1 Å². The van der Waals surface area contributed by atoms with Crippen LogP contribution in [0.3, 0.4) is 0 Å². The monoisotopic (exact) mass is 250 g/mol. The van der Waals surface area contributed by atoms with Crippen molar-refractivity contribution in [2.45, 2.75) is 13.5 Å². The van der Waals surface area contributed by atoms with Gasteiger partial charge >= 0.3 is 0 Å². The van der Waals surface area contributed by atoms with E-state index in [0.29, 0.717) is 11.7 Å². The molecule has 3 N–H and O–H groups in total. The number of rotatable bonds is 4. The number of methoxy groups -OCH3 is 1. The summed E-state index contributed by atoms with van der Waals surface area (Å²) < 4.78 is 5.03. The lowest BCUT2D eigenvalue weighted by Crippen LogP contribution is -2.05. The first-order valence-corrected chi connectivity index (χ1v) is 6.02. The molecule has 17 heavy (non-hydrogen) atoms. The zero-order valence-electron chi connectivity index (χ0n) is 9.73. The Labute approximate surface area is 104 Å². The van der Waals surface area contributed by atoms with Crippen LogP contribution in [-0.2, 0) is 6.54 Å². The van der Waals surface area contributed by atoms with Crippen LogP contribution in [0.25, 0.3) is 0 Å². The van der Waals surface area contributed by atoms with Crippen molar-refractivity contribution in [2.75, 3.05) is 18.2 Å². The van der Waals surface area contributed by atoms with E-state index in [1.54, 1.807) is 24.5 Å². The molecule has 0 unspecified atom stereocenters. The number of aromatic nitrogens is 2. The Bertz CT molecular complexity index is 512. The first-order chi connectivity index (χ1) is 8.19. The van der Waals surface area contributed by atoms with Crippen molar-refractivity contribution in [2.24, 2.45) is 0 Å². The zero-order valence-corrected chi connectivity index (χ0v) is 10.5. The summed E-state index contributed by atoms with van der Waals surface area (Å²) in [6.45, 7) is 2.81. The molecular formula is C11H14N4OS. The third-order valence-corrected chi connectivity index (χ3v) is 3.35. The number of anilines is 2. The molecule has 2 aromatic rings. The van der Waals surface area contributed by atoms with Crippen LogP contribution in [0.15, 0.2) is 17.5 Å². The molecule has 0 aliphatic rings. The largest absolute Gasteiger partial charge is 0.481 e. The highest BCUT2D eigenvalue weighted by molar-refractivity contribution is 7.10. The summed E-state index contributed by atoms with van der Waals surface area (Å²) in [5.74, 6) is 1.33. The molecule has 2 aromatic heterocycles. The van der Waals surface area contributed by atoms with Gasteiger partial charge < -0.3 is 15.8 Å². The highest BCUT2D eigenvalue weighted by atomic mass is 32.1. The second kappa shape index (κ2) is 5.01. The normalized spacial score (nSPS) is 10.2. The van der Waals surface area contributed by atoms with Gasteiger partial charge in [0.1, 0.15) is 5.82 Å². The Morgan fingerprint density at radius 2 is 2.29 bits per heavy atom. The van der Waals surface area contributed by atoms with Crippen LogP contribution in [0.2, 0.25) is 0 Å². The van der Waals surface area contributed by atoms with Crippen molar-refractivity contribution in [1.29, 1.82) is 0 Å². The smallest absolute Gasteiger partial charge is 0.225 e. The quantitative estimate of drug-likeness (QED) is 0.868. The number of nitrogen functional groups attached to an aromatic ring is 1. The molecule has 0 saturated carbocycles. The summed E-state index contributed by atoms with van der Waals surface area (Å²) in [6.07, 6.45) is 0. The van der Waals surface area contributed by atoms with Crippen LogP contribution >= 0.6 is 11.3 Å². The average Bonchev–Trinajstić information content (AvgIpc) is 2.71. The summed E-state index contributed by atoms with van der Waals surface area (Å²) in [5, 5.41) is 5.27. The van der Waals surface area contributed by atoms with Crippen molar-refractivity contribution in [3.63, 3.8) is 0 Å². The molecule has 0 amide bonds. The van der Waals surface area contributed by atoms with Crippen LogP contribution < -0.4 is 15.8 Å². The number of thiophene rings is 1. The van der Waals surface area contributed by atoms with Gasteiger partial charge in [-0.25, -0.2) is 0 Å². The minimum atomic E-state index is 0.203. The Hall–Kier alpha value is -1.82. The summed E-state index contributed by atoms with van der Waals surface area (Å²) >= 11 is 1.71. The van der Waals surface area contributed by atoms with Crippen molar-refractivity contribution in [3.8, 4) is 5.88 Å². The zero-order chi connectivity index (χ0) is 12.3. The predicted octanol–water partition coefficient (Wildman–Crippen LogP) is 2.05. The Kier molecular flexibility index (Phi) is 3.43. The number of nitrogens with zero attached hydrogens (tertiary/aromatic N) is 2. The molecular weight excluding hydrogens is 236 g/mol. The number of nitrogens with one attached hydrogen (secondary N) is 1. The first-order valence-electron chi connectivity index (χ1n) is 5.14. The van der Waals surface area contributed by atoms with E-state index >= 15 is 0 Å². The van der Waals surface area contributed by atoms with E-state index in [2.05, 4.69) is 33.7 Å². The van der Waals surface area contributed by atoms with Gasteiger partial charge in [0.05, 0.1) is 13.7 Å². The first kappa shape index (κ1) is 11.7. The van der Waals surface area contributed by atoms with Crippen LogP contribution in [-0.4, -0.2) is 17.1 Å². The second-order valence-electron chi connectivity index (χ2n) is 3.53. The van der Waals surface area contributed by atoms with Gasteiger partial charge in [-0.15, -0.1) is 11.3 Å². The van der Waals surface area contributed by atoms with Crippen LogP contribution in [0, 0.1) is 6.92 Å². The number of hydrogen-bond acceptors (Lipinski definition) is 6. The molecule has 0 saturated heterocycles. The van der Waals surface area contributed by atoms with Crippen molar-refractivity contribution in [1.82, 2.24) is 9.97 Å². The standard InChI is InChI=1S/C11H14N4OS/c1-7-3-4-17-8(7)6-13-9-5-10(16-2)15-11(12)14-9/h3-5H,6H2,1-2H3,(H3,12,13,14,15). The van der Waals surface area contributed by atoms with Crippen LogP contribution in [0.1, 0.15) is 10.4 Å². The lowest BCUT2D eigenvalue weighted by atomic mass is 10.3. The third kappa shape index (κ3) is 2.85. The molecule has 2 rings (SSSR count). The average molecular weight is 250 g/mol. The van der Waals surface area contributed by atoms with Crippen LogP contribution in [0.5, 0.6) is 5.88 Å². The predicted molar refractivity (Wildman–Crippen MR) is 69.4 cm³/mol. The fourth-order valence-corrected chi connectivity index (χ4v) is 2.24. The summed E-state index contributed by atoms with van der Waals surface area (Å²) in [7, 11) is 1.55. The van der Waals surface area contributed by atoms with E-state index in [0.717, 1.165) is 6.54 Å². The van der Waals surface area contributed by atoms with Gasteiger partial charge in [0.15, 0.2) is 0 Å². The van der Waals surface area contributed by atoms with E-state index < -0.39 is 0 Å². The van der Waals surface area contributed by atoms with Crippen molar-refractivity contribution >= 4 is 23.1 Å². The second-order valence-corrected chi connectivity index (χ2v) is 4.53. The summed E-state index contributed by atoms with van der Waals surface area (Å²) in [5.41, 5.74) is 6.85. The van der Waals surface area contributed by atoms with Gasteiger partial charge in [-0.2, -0.15) is 9.97 Å². The van der Waals surface area contributed by atoms with E-state index in [1.165, 1.54) is 10.4 Å². The maximum absolute atomic E-state index is 5.57. The van der Waals surface area contributed by atoms with Gasteiger partial charge in [0.25, 0.3) is 0 Å². The van der Waals surface area contributed by atoms with Gasteiger partial charge in [0.2, 0.25) is 11.8 Å². The number of nitrogens with two attached hydrogens (primary N) is 1. The molecule has 0 atom stereocenters. The molecule has 2 heterocycles. The van der Waals surface area contributed by atoms with Gasteiger partial charge in [-0.3, -0.25) is 0 Å². The summed E-state index contributed by atoms with van der Waals surface area (Å²) in [6, 6.07) is 3.82. The van der Waals surface area contributed by atoms with Gasteiger partial charge in [-0.1, -0.05) is 0 Å². The Morgan fingerprint density at radius 1 is 1.47 bits per heavy atom. The Morgan fingerprint density at radius 3 is 2.94 bits per heavy atom. The molecule has 0 aromatic carbocycles. The van der Waals surface area contributed by atoms with E-state index in [4.69, 9.17) is 10.5 Å². The molecule has 0 radical (unpaired) electrons. The minimum Gasteiger partial charge on any atom is -0.481 e. The molecule has 6 heteroatoms. The SMILES string of the molecule is COc1cc(NCc2sccc2C)nc(N)n1. The molecule has 0 spiro atoms. The number of hydrogen-bond donors (Lipinski definition) is 2. The molecule has 0 aliphatic heterocycles. The van der Waals surface area contributed by atoms with E-state index in [1.807, 2.05) is 0 Å². The fourth-order valence-electron chi connectivity index (χ4n) is 1.39. The fraction of sp³-hybridized carbons (Fsp3) is 0.273. The van der Waals surface area contributed by atoms with E-state index in [-0.39, 0.29) is 5.95 Å². The van der Waals surface area contributed by atoms with E-state index in [9.17, 15) is 0 Å². The molecule has 0 bridgehead atoms. The lowest BCUT2D eigenvalue weighted by molar-refractivity contribution is 0.398. The van der Waals surface area contributed by atoms with Crippen LogP contribution in [0.4, 0.5) is 11.8 Å². The molecule has 5 nitrogen and oxygen atoms in total. The maximum Gasteiger partial charge on any atom is 0.225 e. The highest BCUT2D eigenvalue weighted by Gasteiger charge is 2.04. The van der Waals surface area contributed by atoms with Gasteiger partial charge in [-0.05, 0) is 23.9 Å². The Balaban J connectivity index is 2.09. The summed E-state index contributed by atoms with van der Waals surface area (Å²) in [4.78, 5) is 9.29. The maximum atomic E-state index is 5.57. The molecule has 0 aliphatic carbocycles. The minimum absolute atomic E-state index is 0.203.